The average Bonchev–Trinajstić information content (AvgIpc) is 1.80. The van der Waals surface area contributed by atoms with E-state index in [0.29, 0.717) is 12.2 Å². The molecule has 13 heavy (non-hydrogen) atoms. The zero-order chi connectivity index (χ0) is 10.4. The summed E-state index contributed by atoms with van der Waals surface area (Å²) in [5.41, 5.74) is 0. The van der Waals surface area contributed by atoms with Gasteiger partial charge in [0.05, 0.1) is 24.4 Å². The smallest absolute Gasteiger partial charge is 0.0575 e. The first-order valence-corrected chi connectivity index (χ1v) is 5.22. The molecule has 0 spiro atoms. The van der Waals surface area contributed by atoms with Crippen LogP contribution in [0.25, 0.3) is 0 Å². The Balaban J connectivity index is 3.58. The Hall–Kier alpha value is -0.0800. The first kappa shape index (κ1) is 12.9. The van der Waals surface area contributed by atoms with Crippen molar-refractivity contribution >= 4 is 0 Å². The molecule has 0 saturated heterocycles. The molecule has 0 amide bonds. The molecule has 0 aromatic carbocycles. The third-order valence-electron chi connectivity index (χ3n) is 1.67. The molecule has 0 aromatic rings. The zero-order valence-corrected chi connectivity index (χ0v) is 9.83. The van der Waals surface area contributed by atoms with Crippen LogP contribution in [-0.2, 0) is 9.47 Å². The summed E-state index contributed by atoms with van der Waals surface area (Å²) >= 11 is 0. The fourth-order valence-corrected chi connectivity index (χ4v) is 1.51. The molecule has 80 valence electrons. The van der Waals surface area contributed by atoms with Gasteiger partial charge in [0.15, 0.2) is 0 Å². The van der Waals surface area contributed by atoms with Crippen molar-refractivity contribution < 1.29 is 9.47 Å². The van der Waals surface area contributed by atoms with E-state index in [1.54, 1.807) is 0 Å². The van der Waals surface area contributed by atoms with E-state index in [-0.39, 0.29) is 12.2 Å². The van der Waals surface area contributed by atoms with Crippen molar-refractivity contribution in [3.05, 3.63) is 0 Å². The largest absolute Gasteiger partial charge is 0.376 e. The van der Waals surface area contributed by atoms with Crippen molar-refractivity contribution in [1.82, 2.24) is 0 Å². The summed E-state index contributed by atoms with van der Waals surface area (Å²) in [6.45, 7) is 12.4. The Morgan fingerprint density at radius 1 is 0.692 bits per heavy atom. The molecule has 2 nitrogen and oxygen atoms in total. The Morgan fingerprint density at radius 3 is 1.23 bits per heavy atom. The molecule has 0 heterocycles. The van der Waals surface area contributed by atoms with Gasteiger partial charge in [0.2, 0.25) is 0 Å². The first-order valence-electron chi connectivity index (χ1n) is 5.22. The first-order chi connectivity index (χ1) is 5.91. The van der Waals surface area contributed by atoms with Crippen molar-refractivity contribution in [3.8, 4) is 0 Å². The van der Waals surface area contributed by atoms with E-state index in [2.05, 4.69) is 41.5 Å². The quantitative estimate of drug-likeness (QED) is 0.638. The molecule has 0 aliphatic heterocycles. The highest BCUT2D eigenvalue weighted by Gasteiger charge is 2.11. The van der Waals surface area contributed by atoms with Crippen LogP contribution in [0.5, 0.6) is 0 Å². The molecule has 2 unspecified atom stereocenters. The van der Waals surface area contributed by atoms with Crippen molar-refractivity contribution in [2.45, 2.75) is 72.4 Å². The normalized spacial score (nSPS) is 16.6. The van der Waals surface area contributed by atoms with E-state index in [1.165, 1.54) is 0 Å². The van der Waals surface area contributed by atoms with Crippen LogP contribution in [0.1, 0.15) is 48.0 Å². The van der Waals surface area contributed by atoms with Gasteiger partial charge in [-0.05, 0) is 48.0 Å². The van der Waals surface area contributed by atoms with Crippen molar-refractivity contribution in [1.29, 1.82) is 0 Å². The standard InChI is InChI=1S/C11H24O2/c1-8(2)12-10(5)7-11(6)13-9(3)4/h8-11H,7H2,1-6H3. The van der Waals surface area contributed by atoms with Crippen LogP contribution < -0.4 is 0 Å². The molecule has 0 radical (unpaired) electrons. The maximum atomic E-state index is 5.62. The summed E-state index contributed by atoms with van der Waals surface area (Å²) in [5.74, 6) is 0. The lowest BCUT2D eigenvalue weighted by molar-refractivity contribution is -0.0424. The number of ether oxygens (including phenoxy) is 2. The SMILES string of the molecule is CC(C)OC(C)CC(C)OC(C)C. The molecular weight excluding hydrogens is 164 g/mol. The van der Waals surface area contributed by atoms with Crippen LogP contribution in [0, 0.1) is 0 Å². The summed E-state index contributed by atoms with van der Waals surface area (Å²) in [7, 11) is 0. The third-order valence-corrected chi connectivity index (χ3v) is 1.67. The average molecular weight is 188 g/mol. The maximum Gasteiger partial charge on any atom is 0.0575 e. The Bertz CT molecular complexity index is 107. The molecule has 0 N–H and O–H groups in total. The molecule has 2 heteroatoms. The maximum absolute atomic E-state index is 5.62. The van der Waals surface area contributed by atoms with Gasteiger partial charge in [-0.15, -0.1) is 0 Å². The van der Waals surface area contributed by atoms with E-state index in [1.807, 2.05) is 0 Å². The van der Waals surface area contributed by atoms with Gasteiger partial charge in [-0.2, -0.15) is 0 Å². The van der Waals surface area contributed by atoms with Gasteiger partial charge < -0.3 is 9.47 Å². The van der Waals surface area contributed by atoms with E-state index in [0.717, 1.165) is 6.42 Å². The van der Waals surface area contributed by atoms with Crippen LogP contribution in [0.15, 0.2) is 0 Å². The minimum absolute atomic E-state index is 0.286. The van der Waals surface area contributed by atoms with Gasteiger partial charge in [0.1, 0.15) is 0 Å². The highest BCUT2D eigenvalue weighted by Crippen LogP contribution is 2.09. The van der Waals surface area contributed by atoms with Crippen LogP contribution in [0.2, 0.25) is 0 Å². The molecule has 0 rings (SSSR count). The molecule has 0 aliphatic rings. The minimum Gasteiger partial charge on any atom is -0.376 e. The number of hydrogen-bond acceptors (Lipinski definition) is 2. The van der Waals surface area contributed by atoms with Crippen LogP contribution >= 0.6 is 0 Å². The van der Waals surface area contributed by atoms with Crippen LogP contribution in [0.3, 0.4) is 0 Å². The van der Waals surface area contributed by atoms with Gasteiger partial charge in [0.25, 0.3) is 0 Å². The fraction of sp³-hybridized carbons (Fsp3) is 1.00. The summed E-state index contributed by atoms with van der Waals surface area (Å²) in [6, 6.07) is 0. The van der Waals surface area contributed by atoms with E-state index >= 15 is 0 Å². The molecule has 0 bridgehead atoms. The molecule has 0 fully saturated rings. The summed E-state index contributed by atoms with van der Waals surface area (Å²) in [4.78, 5) is 0. The second-order valence-corrected chi connectivity index (χ2v) is 4.23. The Morgan fingerprint density at radius 2 is 1.00 bits per heavy atom. The molecule has 0 aliphatic carbocycles. The lowest BCUT2D eigenvalue weighted by Gasteiger charge is -2.21. The Labute approximate surface area is 82.6 Å². The van der Waals surface area contributed by atoms with Crippen molar-refractivity contribution in [3.63, 3.8) is 0 Å². The second-order valence-electron chi connectivity index (χ2n) is 4.23. The fourth-order valence-electron chi connectivity index (χ4n) is 1.51. The lowest BCUT2D eigenvalue weighted by atomic mass is 10.2. The topological polar surface area (TPSA) is 18.5 Å². The van der Waals surface area contributed by atoms with Crippen molar-refractivity contribution in [2.75, 3.05) is 0 Å². The van der Waals surface area contributed by atoms with E-state index < -0.39 is 0 Å². The molecule has 2 atom stereocenters. The second kappa shape index (κ2) is 6.39. The Kier molecular flexibility index (Phi) is 6.35. The minimum atomic E-state index is 0.286. The zero-order valence-electron chi connectivity index (χ0n) is 9.83. The number of hydrogen-bond donors (Lipinski definition) is 0. The third kappa shape index (κ3) is 8.26. The molecular formula is C11H24O2. The predicted molar refractivity (Wildman–Crippen MR) is 56.0 cm³/mol. The number of rotatable bonds is 6. The van der Waals surface area contributed by atoms with Crippen molar-refractivity contribution in [2.24, 2.45) is 0 Å². The van der Waals surface area contributed by atoms with Gasteiger partial charge in [0, 0.05) is 0 Å². The van der Waals surface area contributed by atoms with Gasteiger partial charge in [-0.1, -0.05) is 0 Å². The summed E-state index contributed by atoms with van der Waals surface area (Å²) in [6.07, 6.45) is 2.15. The predicted octanol–water partition coefficient (Wildman–Crippen LogP) is 3.00. The van der Waals surface area contributed by atoms with Crippen LogP contribution in [-0.4, -0.2) is 24.4 Å². The lowest BCUT2D eigenvalue weighted by Crippen LogP contribution is -2.23. The highest BCUT2D eigenvalue weighted by atomic mass is 16.5. The monoisotopic (exact) mass is 188 g/mol. The van der Waals surface area contributed by atoms with Gasteiger partial charge in [-0.3, -0.25) is 0 Å². The summed E-state index contributed by atoms with van der Waals surface area (Å²) in [5, 5.41) is 0. The highest BCUT2D eigenvalue weighted by molar-refractivity contribution is 4.60. The summed E-state index contributed by atoms with van der Waals surface area (Å²) < 4.78 is 11.2. The molecule has 0 aromatic heterocycles. The van der Waals surface area contributed by atoms with Gasteiger partial charge >= 0.3 is 0 Å². The molecule has 0 saturated carbocycles. The van der Waals surface area contributed by atoms with E-state index in [4.69, 9.17) is 9.47 Å². The van der Waals surface area contributed by atoms with Gasteiger partial charge in [-0.25, -0.2) is 0 Å². The van der Waals surface area contributed by atoms with Crippen LogP contribution in [0.4, 0.5) is 0 Å². The van der Waals surface area contributed by atoms with E-state index in [9.17, 15) is 0 Å².